The molecule has 136 valence electrons. The first kappa shape index (κ1) is 15.8. The fraction of sp³-hybridized carbons (Fsp3) is 0.263. The van der Waals surface area contributed by atoms with Crippen LogP contribution in [0.4, 0.5) is 0 Å². The lowest BCUT2D eigenvalue weighted by molar-refractivity contribution is 0.297. The molecule has 1 aromatic carbocycles. The molecule has 8 heteroatoms. The van der Waals surface area contributed by atoms with Crippen LogP contribution in [0.3, 0.4) is 0 Å². The maximum absolute atomic E-state index is 12.5. The monoisotopic (exact) mass is 363 g/mol. The second-order valence-electron chi connectivity index (χ2n) is 6.32. The zero-order valence-corrected chi connectivity index (χ0v) is 14.8. The Hall–Kier alpha value is -3.42. The molecule has 8 nitrogen and oxygen atoms in total. The summed E-state index contributed by atoms with van der Waals surface area (Å²) in [5.74, 6) is 2.37. The molecular formula is C19H17N5O3. The molecule has 0 atom stereocenters. The minimum atomic E-state index is -0.0861. The lowest BCUT2D eigenvalue weighted by atomic mass is 10.2. The average molecular weight is 363 g/mol. The first-order valence-corrected chi connectivity index (χ1v) is 8.89. The fourth-order valence-electron chi connectivity index (χ4n) is 3.23. The van der Waals surface area contributed by atoms with Crippen LogP contribution in [-0.4, -0.2) is 37.4 Å². The quantitative estimate of drug-likeness (QED) is 0.543. The van der Waals surface area contributed by atoms with Crippen molar-refractivity contribution in [2.24, 2.45) is 0 Å². The first-order chi connectivity index (χ1) is 13.2. The van der Waals surface area contributed by atoms with Crippen molar-refractivity contribution in [1.82, 2.24) is 24.1 Å². The minimum Gasteiger partial charge on any atom is -0.490 e. The summed E-state index contributed by atoms with van der Waals surface area (Å²) in [5, 5.41) is 5.09. The standard InChI is InChI=1S/C19H17N5O3/c1-2-23-7-6-14-13(18(23)25)11-20-19-21-17(22-24(14)19)12-4-5-15-16(10-12)27-9-3-8-26-15/h4-7,10-11H,2-3,8-9H2,1H3. The molecule has 27 heavy (non-hydrogen) atoms. The average Bonchev–Trinajstić information content (AvgIpc) is 3.00. The Kier molecular flexibility index (Phi) is 3.56. The smallest absolute Gasteiger partial charge is 0.261 e. The maximum atomic E-state index is 12.5. The number of aryl methyl sites for hydroxylation is 1. The van der Waals surface area contributed by atoms with Crippen molar-refractivity contribution >= 4 is 16.7 Å². The van der Waals surface area contributed by atoms with E-state index in [1.165, 1.54) is 0 Å². The molecule has 0 bridgehead atoms. The second kappa shape index (κ2) is 6.08. The highest BCUT2D eigenvalue weighted by molar-refractivity contribution is 5.79. The molecule has 0 saturated carbocycles. The predicted octanol–water partition coefficient (Wildman–Crippen LogP) is 2.29. The third-order valence-electron chi connectivity index (χ3n) is 4.65. The summed E-state index contributed by atoms with van der Waals surface area (Å²) in [6, 6.07) is 7.50. The van der Waals surface area contributed by atoms with Crippen molar-refractivity contribution in [2.75, 3.05) is 13.2 Å². The summed E-state index contributed by atoms with van der Waals surface area (Å²) in [5.41, 5.74) is 1.40. The molecule has 0 unspecified atom stereocenters. The van der Waals surface area contributed by atoms with E-state index >= 15 is 0 Å². The molecule has 0 spiro atoms. The number of hydrogen-bond donors (Lipinski definition) is 0. The third kappa shape index (κ3) is 2.52. The first-order valence-electron chi connectivity index (χ1n) is 8.89. The van der Waals surface area contributed by atoms with Crippen molar-refractivity contribution < 1.29 is 9.47 Å². The van der Waals surface area contributed by atoms with Crippen molar-refractivity contribution in [1.29, 1.82) is 0 Å². The summed E-state index contributed by atoms with van der Waals surface area (Å²) in [4.78, 5) is 21.3. The van der Waals surface area contributed by atoms with Crippen LogP contribution in [0.1, 0.15) is 13.3 Å². The van der Waals surface area contributed by atoms with Crippen LogP contribution in [0.25, 0.3) is 28.1 Å². The minimum absolute atomic E-state index is 0.0861. The highest BCUT2D eigenvalue weighted by Crippen LogP contribution is 2.33. The normalized spacial score (nSPS) is 13.8. The van der Waals surface area contributed by atoms with E-state index in [0.717, 1.165) is 17.7 Å². The second-order valence-corrected chi connectivity index (χ2v) is 6.32. The molecule has 0 radical (unpaired) electrons. The van der Waals surface area contributed by atoms with Gasteiger partial charge in [-0.15, -0.1) is 5.10 Å². The van der Waals surface area contributed by atoms with Gasteiger partial charge in [0.1, 0.15) is 0 Å². The van der Waals surface area contributed by atoms with Crippen molar-refractivity contribution in [3.63, 3.8) is 0 Å². The Bertz CT molecular complexity index is 1230. The molecule has 0 amide bonds. The number of hydrogen-bond acceptors (Lipinski definition) is 6. The van der Waals surface area contributed by atoms with Crippen molar-refractivity contribution in [3.8, 4) is 22.9 Å². The van der Waals surface area contributed by atoms with Gasteiger partial charge in [0.2, 0.25) is 0 Å². The van der Waals surface area contributed by atoms with Crippen LogP contribution in [0.2, 0.25) is 0 Å². The van der Waals surface area contributed by atoms with Gasteiger partial charge in [-0.3, -0.25) is 4.79 Å². The molecule has 3 aromatic heterocycles. The highest BCUT2D eigenvalue weighted by Gasteiger charge is 2.16. The molecule has 5 rings (SSSR count). The molecule has 1 aliphatic rings. The van der Waals surface area contributed by atoms with Crippen LogP contribution >= 0.6 is 0 Å². The molecule has 0 aliphatic carbocycles. The number of benzene rings is 1. The summed E-state index contributed by atoms with van der Waals surface area (Å²) in [6.07, 6.45) is 4.17. The van der Waals surface area contributed by atoms with E-state index < -0.39 is 0 Å². The number of nitrogens with zero attached hydrogens (tertiary/aromatic N) is 5. The Balaban J connectivity index is 1.67. The molecule has 0 fully saturated rings. The van der Waals surface area contributed by atoms with Gasteiger partial charge in [-0.05, 0) is 31.2 Å². The van der Waals surface area contributed by atoms with Crippen molar-refractivity contribution in [2.45, 2.75) is 19.9 Å². The van der Waals surface area contributed by atoms with Gasteiger partial charge >= 0.3 is 0 Å². The Morgan fingerprint density at radius 3 is 2.85 bits per heavy atom. The Labute approximate surface area is 154 Å². The predicted molar refractivity (Wildman–Crippen MR) is 99.3 cm³/mol. The van der Waals surface area contributed by atoms with E-state index in [-0.39, 0.29) is 5.56 Å². The molecule has 1 aliphatic heterocycles. The van der Waals surface area contributed by atoms with E-state index in [0.29, 0.717) is 48.0 Å². The van der Waals surface area contributed by atoms with Gasteiger partial charge in [-0.25, -0.2) is 4.98 Å². The third-order valence-corrected chi connectivity index (χ3v) is 4.65. The summed E-state index contributed by atoms with van der Waals surface area (Å²) < 4.78 is 14.7. The fourth-order valence-corrected chi connectivity index (χ4v) is 3.23. The SMILES string of the molecule is CCn1ccc2c(cnc3nc(-c4ccc5c(c4)OCCCO5)nn32)c1=O. The van der Waals surface area contributed by atoms with Crippen LogP contribution < -0.4 is 15.0 Å². The van der Waals surface area contributed by atoms with Crippen LogP contribution in [0, 0.1) is 0 Å². The van der Waals surface area contributed by atoms with E-state index in [1.54, 1.807) is 21.5 Å². The summed E-state index contributed by atoms with van der Waals surface area (Å²) in [7, 11) is 0. The summed E-state index contributed by atoms with van der Waals surface area (Å²) >= 11 is 0. The van der Waals surface area contributed by atoms with Gasteiger partial charge in [0.15, 0.2) is 17.3 Å². The Morgan fingerprint density at radius 1 is 1.15 bits per heavy atom. The lowest BCUT2D eigenvalue weighted by Gasteiger charge is -2.07. The molecule has 0 saturated heterocycles. The van der Waals surface area contributed by atoms with E-state index in [1.807, 2.05) is 31.2 Å². The zero-order chi connectivity index (χ0) is 18.4. The molecule has 4 heterocycles. The van der Waals surface area contributed by atoms with Crippen LogP contribution in [-0.2, 0) is 6.54 Å². The lowest BCUT2D eigenvalue weighted by Crippen LogP contribution is -2.19. The molecule has 4 aromatic rings. The van der Waals surface area contributed by atoms with Gasteiger partial charge in [-0.1, -0.05) is 0 Å². The van der Waals surface area contributed by atoms with Gasteiger partial charge in [0.25, 0.3) is 11.3 Å². The topological polar surface area (TPSA) is 83.5 Å². The number of rotatable bonds is 2. The van der Waals surface area contributed by atoms with Gasteiger partial charge < -0.3 is 14.0 Å². The molecule has 0 N–H and O–H groups in total. The zero-order valence-electron chi connectivity index (χ0n) is 14.8. The van der Waals surface area contributed by atoms with Gasteiger partial charge in [0.05, 0.1) is 24.1 Å². The number of ether oxygens (including phenoxy) is 2. The Morgan fingerprint density at radius 2 is 2.00 bits per heavy atom. The van der Waals surface area contributed by atoms with Crippen LogP contribution in [0.5, 0.6) is 11.5 Å². The van der Waals surface area contributed by atoms with E-state index in [9.17, 15) is 4.79 Å². The van der Waals surface area contributed by atoms with E-state index in [4.69, 9.17) is 9.47 Å². The highest BCUT2D eigenvalue weighted by atomic mass is 16.5. The number of aromatic nitrogens is 5. The molecular weight excluding hydrogens is 346 g/mol. The number of pyridine rings is 1. The largest absolute Gasteiger partial charge is 0.490 e. The van der Waals surface area contributed by atoms with Gasteiger partial charge in [-0.2, -0.15) is 9.50 Å². The van der Waals surface area contributed by atoms with E-state index in [2.05, 4.69) is 15.1 Å². The van der Waals surface area contributed by atoms with Crippen LogP contribution in [0.15, 0.2) is 41.5 Å². The number of fused-ring (bicyclic) bond motifs is 4. The maximum Gasteiger partial charge on any atom is 0.261 e. The van der Waals surface area contributed by atoms with Gasteiger partial charge in [0, 0.05) is 30.9 Å². The van der Waals surface area contributed by atoms with Crippen molar-refractivity contribution in [3.05, 3.63) is 47.0 Å². The summed E-state index contributed by atoms with van der Waals surface area (Å²) in [6.45, 7) is 3.79.